The lowest BCUT2D eigenvalue weighted by Gasteiger charge is -2.08. The zero-order valence-corrected chi connectivity index (χ0v) is 10.4. The third-order valence-corrected chi connectivity index (χ3v) is 2.56. The smallest absolute Gasteiger partial charge is 0.255 e. The molecule has 21 heavy (non-hydrogen) atoms. The van der Waals surface area contributed by atoms with Crippen molar-refractivity contribution in [2.45, 2.75) is 0 Å². The van der Waals surface area contributed by atoms with E-state index in [1.54, 1.807) is 0 Å². The van der Waals surface area contributed by atoms with Crippen molar-refractivity contribution in [1.29, 1.82) is 0 Å². The number of primary amides is 1. The maximum Gasteiger partial charge on any atom is 0.255 e. The van der Waals surface area contributed by atoms with Gasteiger partial charge in [-0.2, -0.15) is 4.39 Å². The average Bonchev–Trinajstić information content (AvgIpc) is 2.41. The van der Waals surface area contributed by atoms with E-state index in [-0.39, 0.29) is 5.56 Å². The zero-order valence-electron chi connectivity index (χ0n) is 10.4. The minimum atomic E-state index is -1.15. The Bertz CT molecular complexity index is 735. The second kappa shape index (κ2) is 5.61. The van der Waals surface area contributed by atoms with E-state index in [4.69, 9.17) is 5.73 Å². The van der Waals surface area contributed by atoms with Gasteiger partial charge >= 0.3 is 0 Å². The number of halogens is 3. The van der Waals surface area contributed by atoms with Crippen LogP contribution in [0.5, 0.6) is 0 Å². The molecule has 0 aliphatic heterocycles. The minimum Gasteiger partial charge on any atom is -0.366 e. The van der Waals surface area contributed by atoms with E-state index < -0.39 is 40.6 Å². The molecule has 1 aromatic carbocycles. The van der Waals surface area contributed by atoms with Gasteiger partial charge in [0.1, 0.15) is 11.6 Å². The van der Waals surface area contributed by atoms with Gasteiger partial charge in [0.2, 0.25) is 5.95 Å². The van der Waals surface area contributed by atoms with Gasteiger partial charge in [-0.3, -0.25) is 9.59 Å². The predicted molar refractivity (Wildman–Crippen MR) is 67.0 cm³/mol. The van der Waals surface area contributed by atoms with Crippen molar-refractivity contribution in [1.82, 2.24) is 4.98 Å². The molecule has 2 aromatic rings. The molecule has 0 aliphatic rings. The van der Waals surface area contributed by atoms with Gasteiger partial charge in [0.05, 0.1) is 11.3 Å². The Morgan fingerprint density at radius 1 is 1.10 bits per heavy atom. The third-order valence-electron chi connectivity index (χ3n) is 2.56. The van der Waals surface area contributed by atoms with Crippen LogP contribution in [-0.2, 0) is 0 Å². The van der Waals surface area contributed by atoms with Crippen LogP contribution in [0.1, 0.15) is 20.7 Å². The van der Waals surface area contributed by atoms with Crippen molar-refractivity contribution in [2.75, 3.05) is 5.32 Å². The number of rotatable bonds is 3. The second-order valence-electron chi connectivity index (χ2n) is 4.00. The molecular formula is C13H8F3N3O2. The number of pyridine rings is 1. The van der Waals surface area contributed by atoms with E-state index in [0.717, 1.165) is 18.3 Å². The fourth-order valence-electron chi connectivity index (χ4n) is 1.57. The van der Waals surface area contributed by atoms with E-state index in [1.165, 1.54) is 6.07 Å². The van der Waals surface area contributed by atoms with Crippen LogP contribution < -0.4 is 11.1 Å². The first-order valence-corrected chi connectivity index (χ1v) is 5.60. The van der Waals surface area contributed by atoms with Gasteiger partial charge in [-0.15, -0.1) is 0 Å². The highest BCUT2D eigenvalue weighted by Crippen LogP contribution is 2.20. The molecule has 3 N–H and O–H groups in total. The number of anilines is 1. The molecule has 2 amide bonds. The summed E-state index contributed by atoms with van der Waals surface area (Å²) in [5, 5.41) is 2.09. The molecule has 0 saturated heterocycles. The fourth-order valence-corrected chi connectivity index (χ4v) is 1.57. The standard InChI is InChI=1S/C13H8F3N3O2/c14-8-5-9(15)10(4-7(8)12(17)20)19-13(21)6-1-2-18-11(16)3-6/h1-5H,(H2,17,20)(H,19,21). The summed E-state index contributed by atoms with van der Waals surface area (Å²) in [6, 6.07) is 3.23. The third kappa shape index (κ3) is 3.16. The number of nitrogens with zero attached hydrogens (tertiary/aromatic N) is 1. The first kappa shape index (κ1) is 14.5. The first-order valence-electron chi connectivity index (χ1n) is 5.60. The highest BCUT2D eigenvalue weighted by molar-refractivity contribution is 6.05. The summed E-state index contributed by atoms with van der Waals surface area (Å²) in [5.41, 5.74) is 3.78. The SMILES string of the molecule is NC(=O)c1cc(NC(=O)c2ccnc(F)c2)c(F)cc1F. The summed E-state index contributed by atoms with van der Waals surface area (Å²) in [7, 11) is 0. The van der Waals surface area contributed by atoms with Gasteiger partial charge in [-0.25, -0.2) is 13.8 Å². The zero-order chi connectivity index (χ0) is 15.6. The van der Waals surface area contributed by atoms with Crippen molar-refractivity contribution >= 4 is 17.5 Å². The Hall–Kier alpha value is -2.90. The normalized spacial score (nSPS) is 10.2. The summed E-state index contributed by atoms with van der Waals surface area (Å²) in [4.78, 5) is 26.0. The quantitative estimate of drug-likeness (QED) is 0.847. The topological polar surface area (TPSA) is 85.1 Å². The van der Waals surface area contributed by atoms with Crippen LogP contribution in [0, 0.1) is 17.6 Å². The van der Waals surface area contributed by atoms with Gasteiger partial charge < -0.3 is 11.1 Å². The monoisotopic (exact) mass is 295 g/mol. The molecular weight excluding hydrogens is 287 g/mol. The molecule has 5 nitrogen and oxygen atoms in total. The van der Waals surface area contributed by atoms with Gasteiger partial charge in [-0.1, -0.05) is 0 Å². The van der Waals surface area contributed by atoms with Crippen LogP contribution in [0.2, 0.25) is 0 Å². The first-order chi connectivity index (χ1) is 9.88. The maximum absolute atomic E-state index is 13.6. The summed E-state index contributed by atoms with van der Waals surface area (Å²) in [5.74, 6) is -5.09. The number of hydrogen-bond acceptors (Lipinski definition) is 3. The van der Waals surface area contributed by atoms with Crippen molar-refractivity contribution in [3.05, 3.63) is 59.2 Å². The summed E-state index contributed by atoms with van der Waals surface area (Å²) in [6.07, 6.45) is 1.06. The lowest BCUT2D eigenvalue weighted by Crippen LogP contribution is -2.17. The second-order valence-corrected chi connectivity index (χ2v) is 4.00. The Morgan fingerprint density at radius 3 is 2.43 bits per heavy atom. The van der Waals surface area contributed by atoms with E-state index >= 15 is 0 Å². The predicted octanol–water partition coefficient (Wildman–Crippen LogP) is 1.85. The fraction of sp³-hybridized carbons (Fsp3) is 0. The Balaban J connectivity index is 2.33. The Kier molecular flexibility index (Phi) is 3.88. The van der Waals surface area contributed by atoms with Gasteiger partial charge in [-0.05, 0) is 12.1 Å². The molecule has 8 heteroatoms. The molecule has 0 unspecified atom stereocenters. The van der Waals surface area contributed by atoms with E-state index in [9.17, 15) is 22.8 Å². The molecule has 0 bridgehead atoms. The number of nitrogens with one attached hydrogen (secondary N) is 1. The average molecular weight is 295 g/mol. The summed E-state index contributed by atoms with van der Waals surface area (Å²) in [6.45, 7) is 0. The number of nitrogens with two attached hydrogens (primary N) is 1. The lowest BCUT2D eigenvalue weighted by molar-refractivity contribution is 0.0992. The van der Waals surface area contributed by atoms with Crippen molar-refractivity contribution in [2.24, 2.45) is 5.73 Å². The molecule has 2 rings (SSSR count). The van der Waals surface area contributed by atoms with E-state index in [1.807, 2.05) is 0 Å². The number of carbonyl (C=O) groups is 2. The maximum atomic E-state index is 13.6. The molecule has 1 aromatic heterocycles. The van der Waals surface area contributed by atoms with Crippen molar-refractivity contribution in [3.8, 4) is 0 Å². The van der Waals surface area contributed by atoms with Crippen LogP contribution in [0.25, 0.3) is 0 Å². The Labute approximate surface area is 116 Å². The van der Waals surface area contributed by atoms with Gasteiger partial charge in [0.25, 0.3) is 11.8 Å². The number of hydrogen-bond donors (Lipinski definition) is 2. The minimum absolute atomic E-state index is 0.119. The number of amides is 2. The van der Waals surface area contributed by atoms with Crippen LogP contribution in [0.15, 0.2) is 30.5 Å². The summed E-state index contributed by atoms with van der Waals surface area (Å²) >= 11 is 0. The van der Waals surface area contributed by atoms with Crippen LogP contribution in [-0.4, -0.2) is 16.8 Å². The van der Waals surface area contributed by atoms with Crippen LogP contribution >= 0.6 is 0 Å². The molecule has 1 heterocycles. The molecule has 0 radical (unpaired) electrons. The molecule has 0 spiro atoms. The van der Waals surface area contributed by atoms with E-state index in [0.29, 0.717) is 6.07 Å². The number of aromatic nitrogens is 1. The molecule has 0 fully saturated rings. The van der Waals surface area contributed by atoms with Gasteiger partial charge in [0.15, 0.2) is 0 Å². The van der Waals surface area contributed by atoms with Crippen molar-refractivity contribution in [3.63, 3.8) is 0 Å². The molecule has 0 aliphatic carbocycles. The van der Waals surface area contributed by atoms with Crippen molar-refractivity contribution < 1.29 is 22.8 Å². The number of benzene rings is 1. The highest BCUT2D eigenvalue weighted by atomic mass is 19.1. The lowest BCUT2D eigenvalue weighted by atomic mass is 10.1. The van der Waals surface area contributed by atoms with Crippen LogP contribution in [0.3, 0.4) is 0 Å². The van der Waals surface area contributed by atoms with E-state index in [2.05, 4.69) is 10.3 Å². The molecule has 0 saturated carbocycles. The molecule has 0 atom stereocenters. The highest BCUT2D eigenvalue weighted by Gasteiger charge is 2.16. The summed E-state index contributed by atoms with van der Waals surface area (Å²) < 4.78 is 39.7. The largest absolute Gasteiger partial charge is 0.366 e. The molecule has 108 valence electrons. The van der Waals surface area contributed by atoms with Crippen LogP contribution in [0.4, 0.5) is 18.9 Å². The Morgan fingerprint density at radius 2 is 1.81 bits per heavy atom. The number of carbonyl (C=O) groups excluding carboxylic acids is 2. The van der Waals surface area contributed by atoms with Gasteiger partial charge in [0, 0.05) is 23.9 Å².